The number of carbonyl (C=O) groups is 1. The second-order valence-electron chi connectivity index (χ2n) is 5.36. The van der Waals surface area contributed by atoms with E-state index in [1.807, 2.05) is 36.4 Å². The van der Waals surface area contributed by atoms with Crippen LogP contribution in [0.3, 0.4) is 0 Å². The number of oxazole rings is 1. The Morgan fingerprint density at radius 2 is 2.04 bits per heavy atom. The normalized spacial score (nSPS) is 10.5. The number of thioether (sulfide) groups is 1. The van der Waals surface area contributed by atoms with Crippen LogP contribution in [0, 0.1) is 11.3 Å². The molecule has 26 heavy (non-hydrogen) atoms. The lowest BCUT2D eigenvalue weighted by Gasteiger charge is -2.23. The van der Waals surface area contributed by atoms with Gasteiger partial charge in [0.05, 0.1) is 31.0 Å². The standard InChI is InChI=1S/C19H17N3O3S/c1-24-17-10-5-3-8-15(17)22(12-6-11-20)18(23)13-26-19-21-14-7-2-4-9-16(14)25-19/h2-5,7-10H,6,12-13H2,1H3. The number of benzene rings is 2. The lowest BCUT2D eigenvalue weighted by atomic mass is 10.2. The summed E-state index contributed by atoms with van der Waals surface area (Å²) in [5, 5.41) is 9.35. The van der Waals surface area contributed by atoms with Gasteiger partial charge in [0.2, 0.25) is 5.91 Å². The molecule has 0 spiro atoms. The Bertz CT molecular complexity index is 915. The van der Waals surface area contributed by atoms with Gasteiger partial charge in [-0.15, -0.1) is 0 Å². The number of anilines is 1. The van der Waals surface area contributed by atoms with Crippen molar-refractivity contribution in [3.63, 3.8) is 0 Å². The molecule has 0 unspecified atom stereocenters. The quantitative estimate of drug-likeness (QED) is 0.590. The first-order valence-electron chi connectivity index (χ1n) is 8.01. The summed E-state index contributed by atoms with van der Waals surface area (Å²) in [5.74, 6) is 0.596. The third-order valence-corrected chi connectivity index (χ3v) is 4.53. The predicted molar refractivity (Wildman–Crippen MR) is 100 cm³/mol. The molecule has 0 radical (unpaired) electrons. The van der Waals surface area contributed by atoms with Crippen molar-refractivity contribution in [2.24, 2.45) is 0 Å². The maximum absolute atomic E-state index is 12.8. The number of aromatic nitrogens is 1. The van der Waals surface area contributed by atoms with Gasteiger partial charge in [-0.1, -0.05) is 36.0 Å². The summed E-state index contributed by atoms with van der Waals surface area (Å²) < 4.78 is 11.0. The molecule has 3 rings (SSSR count). The van der Waals surface area contributed by atoms with Crippen molar-refractivity contribution in [2.45, 2.75) is 11.6 Å². The van der Waals surface area contributed by atoms with Crippen LogP contribution in [-0.4, -0.2) is 30.3 Å². The van der Waals surface area contributed by atoms with Crippen LogP contribution < -0.4 is 9.64 Å². The largest absolute Gasteiger partial charge is 0.495 e. The van der Waals surface area contributed by atoms with Crippen molar-refractivity contribution in [3.05, 3.63) is 48.5 Å². The van der Waals surface area contributed by atoms with Gasteiger partial charge in [-0.3, -0.25) is 4.79 Å². The zero-order chi connectivity index (χ0) is 18.4. The van der Waals surface area contributed by atoms with Crippen LogP contribution in [0.5, 0.6) is 5.75 Å². The molecule has 132 valence electrons. The molecule has 2 aromatic carbocycles. The fraction of sp³-hybridized carbons (Fsp3) is 0.211. The van der Waals surface area contributed by atoms with Gasteiger partial charge in [-0.05, 0) is 24.3 Å². The van der Waals surface area contributed by atoms with Crippen molar-refractivity contribution in [1.29, 1.82) is 5.26 Å². The lowest BCUT2D eigenvalue weighted by molar-refractivity contribution is -0.116. The molecule has 0 atom stereocenters. The Morgan fingerprint density at radius 1 is 1.27 bits per heavy atom. The number of rotatable bonds is 7. The average molecular weight is 367 g/mol. The van der Waals surface area contributed by atoms with Crippen LogP contribution in [0.2, 0.25) is 0 Å². The first kappa shape index (κ1) is 17.8. The van der Waals surface area contributed by atoms with Gasteiger partial charge in [-0.2, -0.15) is 5.26 Å². The Labute approximate surface area is 155 Å². The van der Waals surface area contributed by atoms with Crippen molar-refractivity contribution >= 4 is 34.5 Å². The molecule has 0 N–H and O–H groups in total. The summed E-state index contributed by atoms with van der Waals surface area (Å²) in [5.41, 5.74) is 2.09. The second-order valence-corrected chi connectivity index (χ2v) is 6.29. The molecule has 0 aliphatic rings. The van der Waals surface area contributed by atoms with Gasteiger partial charge in [-0.25, -0.2) is 4.98 Å². The minimum atomic E-state index is -0.142. The van der Waals surface area contributed by atoms with E-state index < -0.39 is 0 Å². The van der Waals surface area contributed by atoms with E-state index >= 15 is 0 Å². The van der Waals surface area contributed by atoms with E-state index in [-0.39, 0.29) is 18.1 Å². The number of amides is 1. The van der Waals surface area contributed by atoms with Crippen LogP contribution in [0.25, 0.3) is 11.1 Å². The van der Waals surface area contributed by atoms with Crippen molar-refractivity contribution in [2.75, 3.05) is 24.3 Å². The monoisotopic (exact) mass is 367 g/mol. The molecule has 0 aliphatic heterocycles. The molecule has 3 aromatic rings. The maximum atomic E-state index is 12.8. The molecule has 1 aromatic heterocycles. The number of ether oxygens (including phenoxy) is 1. The van der Waals surface area contributed by atoms with E-state index in [4.69, 9.17) is 14.4 Å². The number of hydrogen-bond acceptors (Lipinski definition) is 6. The molecule has 0 aliphatic carbocycles. The number of nitrogens with zero attached hydrogens (tertiary/aromatic N) is 3. The first-order valence-corrected chi connectivity index (χ1v) is 9.00. The van der Waals surface area contributed by atoms with Crippen molar-refractivity contribution in [1.82, 2.24) is 4.98 Å². The SMILES string of the molecule is COc1ccccc1N(CCC#N)C(=O)CSc1nc2ccccc2o1. The Balaban J connectivity index is 1.76. The Kier molecular flexibility index (Phi) is 5.77. The number of para-hydroxylation sites is 4. The number of hydrogen-bond donors (Lipinski definition) is 0. The average Bonchev–Trinajstić information content (AvgIpc) is 3.10. The van der Waals surface area contributed by atoms with Crippen LogP contribution >= 0.6 is 11.8 Å². The van der Waals surface area contributed by atoms with Gasteiger partial charge in [0, 0.05) is 6.54 Å². The van der Waals surface area contributed by atoms with Gasteiger partial charge in [0.15, 0.2) is 5.58 Å². The highest BCUT2D eigenvalue weighted by atomic mass is 32.2. The van der Waals surface area contributed by atoms with Gasteiger partial charge >= 0.3 is 0 Å². The Hall–Kier alpha value is -2.98. The molecular formula is C19H17N3O3S. The third kappa shape index (κ3) is 3.98. The molecule has 0 saturated heterocycles. The van der Waals surface area contributed by atoms with Gasteiger partial charge in [0.25, 0.3) is 5.22 Å². The second kappa shape index (κ2) is 8.41. The molecule has 6 nitrogen and oxygen atoms in total. The summed E-state index contributed by atoms with van der Waals surface area (Å²) in [4.78, 5) is 18.7. The van der Waals surface area contributed by atoms with Crippen molar-refractivity contribution < 1.29 is 13.9 Å². The van der Waals surface area contributed by atoms with E-state index in [1.54, 1.807) is 24.1 Å². The fourth-order valence-corrected chi connectivity index (χ4v) is 3.22. The minimum Gasteiger partial charge on any atom is -0.495 e. The van der Waals surface area contributed by atoms with Crippen LogP contribution in [0.15, 0.2) is 58.2 Å². The van der Waals surface area contributed by atoms with E-state index in [9.17, 15) is 4.79 Å². The zero-order valence-corrected chi connectivity index (χ0v) is 15.0. The summed E-state index contributed by atoms with van der Waals surface area (Å²) in [6, 6.07) is 16.8. The van der Waals surface area contributed by atoms with E-state index in [0.29, 0.717) is 28.8 Å². The van der Waals surface area contributed by atoms with E-state index in [2.05, 4.69) is 11.1 Å². The molecular weight excluding hydrogens is 350 g/mol. The molecule has 1 heterocycles. The number of nitriles is 1. The smallest absolute Gasteiger partial charge is 0.257 e. The fourth-order valence-electron chi connectivity index (χ4n) is 2.51. The molecule has 0 bridgehead atoms. The summed E-state index contributed by atoms with van der Waals surface area (Å²) in [6.07, 6.45) is 0.233. The minimum absolute atomic E-state index is 0.142. The van der Waals surface area contributed by atoms with Crippen LogP contribution in [-0.2, 0) is 4.79 Å². The molecule has 0 saturated carbocycles. The number of fused-ring (bicyclic) bond motifs is 1. The number of carbonyl (C=O) groups excluding carboxylic acids is 1. The van der Waals surface area contributed by atoms with Gasteiger partial charge < -0.3 is 14.1 Å². The third-order valence-electron chi connectivity index (χ3n) is 3.72. The summed E-state index contributed by atoms with van der Waals surface area (Å²) >= 11 is 1.23. The number of methoxy groups -OCH3 is 1. The van der Waals surface area contributed by atoms with Crippen LogP contribution in [0.4, 0.5) is 5.69 Å². The lowest BCUT2D eigenvalue weighted by Crippen LogP contribution is -2.33. The topological polar surface area (TPSA) is 79.4 Å². The maximum Gasteiger partial charge on any atom is 0.257 e. The molecule has 7 heteroatoms. The summed E-state index contributed by atoms with van der Waals surface area (Å²) in [7, 11) is 1.55. The first-order chi connectivity index (χ1) is 12.7. The molecule has 1 amide bonds. The zero-order valence-electron chi connectivity index (χ0n) is 14.2. The summed E-state index contributed by atoms with van der Waals surface area (Å²) in [6.45, 7) is 0.295. The van der Waals surface area contributed by atoms with E-state index in [1.165, 1.54) is 11.8 Å². The van der Waals surface area contributed by atoms with Crippen LogP contribution in [0.1, 0.15) is 6.42 Å². The molecule has 0 fully saturated rings. The highest BCUT2D eigenvalue weighted by molar-refractivity contribution is 7.99. The highest BCUT2D eigenvalue weighted by Crippen LogP contribution is 2.29. The van der Waals surface area contributed by atoms with Crippen molar-refractivity contribution in [3.8, 4) is 11.8 Å². The Morgan fingerprint density at radius 3 is 2.81 bits per heavy atom. The highest BCUT2D eigenvalue weighted by Gasteiger charge is 2.20. The predicted octanol–water partition coefficient (Wildman–Crippen LogP) is 3.88. The van der Waals surface area contributed by atoms with Gasteiger partial charge in [0.1, 0.15) is 11.3 Å². The van der Waals surface area contributed by atoms with E-state index in [0.717, 1.165) is 5.52 Å².